The van der Waals surface area contributed by atoms with Gasteiger partial charge in [0.1, 0.15) is 18.0 Å². The van der Waals surface area contributed by atoms with Crippen molar-refractivity contribution in [2.24, 2.45) is 0 Å². The minimum absolute atomic E-state index is 0.0479. The van der Waals surface area contributed by atoms with Gasteiger partial charge in [-0.2, -0.15) is 5.10 Å². The van der Waals surface area contributed by atoms with Crippen LogP contribution in [0.2, 0.25) is 0 Å². The standard InChI is InChI=1S/C23H21FN4O2/c1-15-12-21(30)27(14-20(29)25-13-17-8-6-7-11-19(17)24)23-22(15)16(2)26-28(23)18-9-4-3-5-10-18/h3-12H,13-14H2,1-2H3,(H,25,29). The molecule has 0 radical (unpaired) electrons. The van der Waals surface area contributed by atoms with Crippen molar-refractivity contribution in [3.05, 3.63) is 93.7 Å². The van der Waals surface area contributed by atoms with Crippen LogP contribution < -0.4 is 10.9 Å². The molecule has 1 amide bonds. The van der Waals surface area contributed by atoms with Crippen LogP contribution in [0, 0.1) is 19.7 Å². The van der Waals surface area contributed by atoms with Crippen molar-refractivity contribution in [2.75, 3.05) is 0 Å². The van der Waals surface area contributed by atoms with Gasteiger partial charge in [-0.15, -0.1) is 0 Å². The van der Waals surface area contributed by atoms with E-state index in [2.05, 4.69) is 10.4 Å². The first-order valence-corrected chi connectivity index (χ1v) is 9.61. The van der Waals surface area contributed by atoms with Gasteiger partial charge in [0.05, 0.1) is 11.4 Å². The second-order valence-corrected chi connectivity index (χ2v) is 7.15. The molecule has 7 heteroatoms. The summed E-state index contributed by atoms with van der Waals surface area (Å²) >= 11 is 0. The first-order valence-electron chi connectivity index (χ1n) is 9.61. The molecular formula is C23H21FN4O2. The molecule has 0 aliphatic carbocycles. The number of rotatable bonds is 5. The molecule has 0 fully saturated rings. The van der Waals surface area contributed by atoms with Gasteiger partial charge in [-0.05, 0) is 37.6 Å². The second-order valence-electron chi connectivity index (χ2n) is 7.15. The number of hydrogen-bond donors (Lipinski definition) is 1. The van der Waals surface area contributed by atoms with Gasteiger partial charge < -0.3 is 5.32 Å². The zero-order valence-electron chi connectivity index (χ0n) is 16.7. The summed E-state index contributed by atoms with van der Waals surface area (Å²) in [6.07, 6.45) is 0. The number of pyridine rings is 1. The van der Waals surface area contributed by atoms with Gasteiger partial charge in [0.15, 0.2) is 0 Å². The third-order valence-corrected chi connectivity index (χ3v) is 5.03. The molecule has 6 nitrogen and oxygen atoms in total. The van der Waals surface area contributed by atoms with Gasteiger partial charge in [-0.1, -0.05) is 36.4 Å². The Kier molecular flexibility index (Phi) is 5.18. The molecule has 0 unspecified atom stereocenters. The maximum Gasteiger partial charge on any atom is 0.252 e. The van der Waals surface area contributed by atoms with Gasteiger partial charge in [-0.25, -0.2) is 9.07 Å². The SMILES string of the molecule is Cc1cc(=O)n(CC(=O)NCc2ccccc2F)c2c1c(C)nn2-c1ccccc1. The molecular weight excluding hydrogens is 383 g/mol. The van der Waals surface area contributed by atoms with E-state index in [0.717, 1.165) is 22.3 Å². The van der Waals surface area contributed by atoms with Crippen LogP contribution in [0.5, 0.6) is 0 Å². The molecule has 0 bridgehead atoms. The number of hydrogen-bond acceptors (Lipinski definition) is 3. The summed E-state index contributed by atoms with van der Waals surface area (Å²) < 4.78 is 16.9. The van der Waals surface area contributed by atoms with E-state index in [4.69, 9.17) is 0 Å². The van der Waals surface area contributed by atoms with Crippen LogP contribution in [-0.4, -0.2) is 20.3 Å². The van der Waals surface area contributed by atoms with Gasteiger partial charge in [-0.3, -0.25) is 14.2 Å². The summed E-state index contributed by atoms with van der Waals surface area (Å²) in [5.74, 6) is -0.769. The number of benzene rings is 2. The summed E-state index contributed by atoms with van der Waals surface area (Å²) in [5.41, 5.74) is 3.02. The second kappa shape index (κ2) is 7.94. The molecule has 0 saturated heterocycles. The zero-order chi connectivity index (χ0) is 21.3. The lowest BCUT2D eigenvalue weighted by molar-refractivity contribution is -0.121. The summed E-state index contributed by atoms with van der Waals surface area (Å²) in [7, 11) is 0. The van der Waals surface area contributed by atoms with Gasteiger partial charge in [0.25, 0.3) is 5.56 Å². The van der Waals surface area contributed by atoms with Crippen molar-refractivity contribution >= 4 is 16.9 Å². The number of nitrogens with zero attached hydrogens (tertiary/aromatic N) is 3. The molecule has 0 spiro atoms. The Morgan fingerprint density at radius 1 is 1.07 bits per heavy atom. The zero-order valence-corrected chi connectivity index (χ0v) is 16.7. The number of carbonyl (C=O) groups excluding carboxylic acids is 1. The number of nitrogens with one attached hydrogen (secondary N) is 1. The number of aromatic nitrogens is 3. The summed E-state index contributed by atoms with van der Waals surface area (Å²) in [5, 5.41) is 8.14. The van der Waals surface area contributed by atoms with Crippen molar-refractivity contribution in [3.63, 3.8) is 0 Å². The Bertz CT molecular complexity index is 1290. The lowest BCUT2D eigenvalue weighted by Crippen LogP contribution is -2.33. The van der Waals surface area contributed by atoms with Gasteiger partial charge in [0, 0.05) is 23.6 Å². The van der Waals surface area contributed by atoms with E-state index in [1.54, 1.807) is 22.9 Å². The van der Waals surface area contributed by atoms with Crippen molar-refractivity contribution < 1.29 is 9.18 Å². The van der Waals surface area contributed by atoms with E-state index < -0.39 is 0 Å². The Balaban J connectivity index is 1.72. The summed E-state index contributed by atoms with van der Waals surface area (Å²) in [6.45, 7) is 3.59. The maximum absolute atomic E-state index is 13.8. The first kappa shape index (κ1) is 19.6. The first-order chi connectivity index (χ1) is 14.5. The molecule has 4 rings (SSSR count). The van der Waals surface area contributed by atoms with Crippen molar-refractivity contribution in [3.8, 4) is 5.69 Å². The fourth-order valence-electron chi connectivity index (χ4n) is 3.60. The van der Waals surface area contributed by atoms with Crippen LogP contribution in [0.3, 0.4) is 0 Å². The van der Waals surface area contributed by atoms with E-state index in [0.29, 0.717) is 11.2 Å². The Hall–Kier alpha value is -3.74. The van der Waals surface area contributed by atoms with Crippen LogP contribution in [0.15, 0.2) is 65.5 Å². The molecule has 0 atom stereocenters. The summed E-state index contributed by atoms with van der Waals surface area (Å²) in [6, 6.07) is 17.2. The molecule has 0 aliphatic rings. The highest BCUT2D eigenvalue weighted by molar-refractivity contribution is 5.85. The van der Waals surface area contributed by atoms with Gasteiger partial charge in [0.2, 0.25) is 5.91 Å². The molecule has 2 heterocycles. The van der Waals surface area contributed by atoms with Crippen molar-refractivity contribution in [1.82, 2.24) is 19.7 Å². The number of carbonyl (C=O) groups is 1. The number of amides is 1. The average molecular weight is 404 g/mol. The Morgan fingerprint density at radius 3 is 2.50 bits per heavy atom. The number of halogens is 1. The van der Waals surface area contributed by atoms with E-state index >= 15 is 0 Å². The van der Waals surface area contributed by atoms with Crippen molar-refractivity contribution in [2.45, 2.75) is 26.9 Å². The molecule has 4 aromatic rings. The highest BCUT2D eigenvalue weighted by Crippen LogP contribution is 2.23. The smallest absolute Gasteiger partial charge is 0.252 e. The minimum atomic E-state index is -0.385. The van der Waals surface area contributed by atoms with Crippen LogP contribution in [-0.2, 0) is 17.9 Å². The minimum Gasteiger partial charge on any atom is -0.350 e. The topological polar surface area (TPSA) is 68.9 Å². The number of fused-ring (bicyclic) bond motifs is 1. The molecule has 152 valence electrons. The van der Waals surface area contributed by atoms with E-state index in [-0.39, 0.29) is 30.4 Å². The number of aryl methyl sites for hydroxylation is 2. The van der Waals surface area contributed by atoms with Gasteiger partial charge >= 0.3 is 0 Å². The fraction of sp³-hybridized carbons (Fsp3) is 0.174. The van der Waals surface area contributed by atoms with E-state index in [9.17, 15) is 14.0 Å². The predicted octanol–water partition coefficient (Wildman–Crippen LogP) is 3.26. The normalized spacial score (nSPS) is 11.0. The quantitative estimate of drug-likeness (QED) is 0.555. The predicted molar refractivity (Wildman–Crippen MR) is 113 cm³/mol. The molecule has 0 aliphatic heterocycles. The third-order valence-electron chi connectivity index (χ3n) is 5.03. The van der Waals surface area contributed by atoms with E-state index in [1.165, 1.54) is 16.7 Å². The van der Waals surface area contributed by atoms with Crippen molar-refractivity contribution in [1.29, 1.82) is 0 Å². The third kappa shape index (κ3) is 3.61. The van der Waals surface area contributed by atoms with Crippen LogP contribution in [0.4, 0.5) is 4.39 Å². The van der Waals surface area contributed by atoms with Crippen LogP contribution in [0.1, 0.15) is 16.8 Å². The van der Waals surface area contributed by atoms with E-state index in [1.807, 2.05) is 44.2 Å². The largest absolute Gasteiger partial charge is 0.350 e. The average Bonchev–Trinajstić information content (AvgIpc) is 3.09. The molecule has 30 heavy (non-hydrogen) atoms. The number of para-hydroxylation sites is 1. The Labute approximate surface area is 172 Å². The molecule has 2 aromatic heterocycles. The molecule has 1 N–H and O–H groups in total. The summed E-state index contributed by atoms with van der Waals surface area (Å²) in [4.78, 5) is 25.4. The Morgan fingerprint density at radius 2 is 1.77 bits per heavy atom. The fourth-order valence-corrected chi connectivity index (χ4v) is 3.60. The highest BCUT2D eigenvalue weighted by Gasteiger charge is 2.18. The maximum atomic E-state index is 13.8. The highest BCUT2D eigenvalue weighted by atomic mass is 19.1. The monoisotopic (exact) mass is 404 g/mol. The van der Waals surface area contributed by atoms with Crippen LogP contribution >= 0.6 is 0 Å². The lowest BCUT2D eigenvalue weighted by Gasteiger charge is -2.13. The molecule has 0 saturated carbocycles. The molecule has 2 aromatic carbocycles. The van der Waals surface area contributed by atoms with Crippen LogP contribution in [0.25, 0.3) is 16.7 Å². The lowest BCUT2D eigenvalue weighted by atomic mass is 10.1.